The molecule has 0 atom stereocenters. The number of nitrogens with zero attached hydrogens (tertiary/aromatic N) is 1. The maximum atomic E-state index is 11.4. The molecule has 1 aromatic rings. The molecule has 31 heavy (non-hydrogen) atoms. The monoisotopic (exact) mass is 449 g/mol. The van der Waals surface area contributed by atoms with Crippen LogP contribution in [0.4, 0.5) is 5.69 Å². The smallest absolute Gasteiger partial charge is 0.330 e. The summed E-state index contributed by atoms with van der Waals surface area (Å²) in [5.74, 6) is 0.337. The summed E-state index contributed by atoms with van der Waals surface area (Å²) in [5.41, 5.74) is 1.63. The molecule has 0 aliphatic carbocycles. The fraction of sp³-hybridized carbons (Fsp3) is 0.583. The summed E-state index contributed by atoms with van der Waals surface area (Å²) >= 11 is 5.48. The number of hydrogen-bond acceptors (Lipinski definition) is 5. The summed E-state index contributed by atoms with van der Waals surface area (Å²) in [7, 11) is 1.36. The van der Waals surface area contributed by atoms with Gasteiger partial charge in [-0.2, -0.15) is 0 Å². The third kappa shape index (κ3) is 11.7. The van der Waals surface area contributed by atoms with E-state index in [1.165, 1.54) is 38.9 Å². The van der Waals surface area contributed by atoms with Gasteiger partial charge < -0.3 is 25.0 Å². The molecule has 1 rings (SSSR count). The van der Waals surface area contributed by atoms with Gasteiger partial charge >= 0.3 is 5.97 Å². The molecule has 0 aromatic heterocycles. The van der Waals surface area contributed by atoms with Crippen LogP contribution < -0.4 is 15.4 Å². The number of anilines is 1. The van der Waals surface area contributed by atoms with Crippen LogP contribution in [0, 0.1) is 0 Å². The van der Waals surface area contributed by atoms with Crippen molar-refractivity contribution >= 4 is 35.1 Å². The molecule has 0 unspecified atom stereocenters. The zero-order valence-corrected chi connectivity index (χ0v) is 20.4. The van der Waals surface area contributed by atoms with Crippen molar-refractivity contribution in [1.82, 2.24) is 10.2 Å². The summed E-state index contributed by atoms with van der Waals surface area (Å²) in [5, 5.41) is 7.09. The first-order valence-corrected chi connectivity index (χ1v) is 11.7. The predicted octanol–water partition coefficient (Wildman–Crippen LogP) is 4.85. The SMILES string of the molecule is CCCCCCCNC(=S)Nc1cc(/C=C/C(=O)OC)ccc1OCCN(CC)CC. The van der Waals surface area contributed by atoms with Gasteiger partial charge in [-0.15, -0.1) is 0 Å². The lowest BCUT2D eigenvalue weighted by molar-refractivity contribution is -0.134. The van der Waals surface area contributed by atoms with Crippen LogP contribution in [0.1, 0.15) is 58.4 Å². The van der Waals surface area contributed by atoms with Crippen LogP contribution >= 0.6 is 12.2 Å². The van der Waals surface area contributed by atoms with Gasteiger partial charge in [-0.1, -0.05) is 52.5 Å². The highest BCUT2D eigenvalue weighted by Gasteiger charge is 2.08. The number of carbonyl (C=O) groups excluding carboxylic acids is 1. The molecule has 0 aliphatic rings. The second-order valence-corrected chi connectivity index (χ2v) is 7.69. The van der Waals surface area contributed by atoms with Crippen molar-refractivity contribution in [2.24, 2.45) is 0 Å². The van der Waals surface area contributed by atoms with Crippen LogP contribution in [0.25, 0.3) is 6.08 Å². The van der Waals surface area contributed by atoms with Gasteiger partial charge in [0, 0.05) is 19.2 Å². The topological polar surface area (TPSA) is 62.8 Å². The molecule has 0 spiro atoms. The van der Waals surface area contributed by atoms with Gasteiger partial charge in [-0.05, 0) is 55.5 Å². The fourth-order valence-electron chi connectivity index (χ4n) is 3.03. The van der Waals surface area contributed by atoms with Crippen molar-refractivity contribution in [1.29, 1.82) is 0 Å². The number of methoxy groups -OCH3 is 1. The Morgan fingerprint density at radius 3 is 2.55 bits per heavy atom. The maximum Gasteiger partial charge on any atom is 0.330 e. The van der Waals surface area contributed by atoms with E-state index in [4.69, 9.17) is 17.0 Å². The molecule has 6 nitrogen and oxygen atoms in total. The number of nitrogens with one attached hydrogen (secondary N) is 2. The Kier molecular flexibility index (Phi) is 14.4. The number of ether oxygens (including phenoxy) is 2. The van der Waals surface area contributed by atoms with E-state index in [9.17, 15) is 4.79 Å². The van der Waals surface area contributed by atoms with Crippen molar-refractivity contribution in [3.8, 4) is 5.75 Å². The molecule has 0 aliphatic heterocycles. The van der Waals surface area contributed by atoms with Crippen molar-refractivity contribution < 1.29 is 14.3 Å². The molecule has 0 amide bonds. The number of esters is 1. The van der Waals surface area contributed by atoms with Crippen LogP contribution in [0.15, 0.2) is 24.3 Å². The highest BCUT2D eigenvalue weighted by molar-refractivity contribution is 7.80. The predicted molar refractivity (Wildman–Crippen MR) is 134 cm³/mol. The number of rotatable bonds is 15. The Balaban J connectivity index is 2.76. The van der Waals surface area contributed by atoms with Crippen molar-refractivity contribution in [2.45, 2.75) is 52.9 Å². The Bertz CT molecular complexity index is 691. The first kappa shape index (κ1) is 26.9. The fourth-order valence-corrected chi connectivity index (χ4v) is 3.24. The molecule has 1 aromatic carbocycles. The summed E-state index contributed by atoms with van der Waals surface area (Å²) in [6.45, 7) is 10.8. The van der Waals surface area contributed by atoms with E-state index in [0.717, 1.165) is 49.6 Å². The minimum absolute atomic E-state index is 0.394. The van der Waals surface area contributed by atoms with Crippen molar-refractivity contribution in [3.63, 3.8) is 0 Å². The van der Waals surface area contributed by atoms with Crippen LogP contribution in [-0.2, 0) is 9.53 Å². The minimum Gasteiger partial charge on any atom is -0.490 e. The number of benzene rings is 1. The van der Waals surface area contributed by atoms with Crippen LogP contribution in [0.5, 0.6) is 5.75 Å². The lowest BCUT2D eigenvalue weighted by atomic mass is 10.1. The third-order valence-electron chi connectivity index (χ3n) is 4.99. The highest BCUT2D eigenvalue weighted by Crippen LogP contribution is 2.26. The summed E-state index contributed by atoms with van der Waals surface area (Å²) in [4.78, 5) is 13.7. The van der Waals surface area contributed by atoms with E-state index in [1.54, 1.807) is 6.08 Å². The van der Waals surface area contributed by atoms with Gasteiger partial charge in [0.05, 0.1) is 12.8 Å². The lowest BCUT2D eigenvalue weighted by Gasteiger charge is -2.20. The standard InChI is InChI=1S/C24H39N3O3S/c1-5-8-9-10-11-16-25-24(31)26-21-19-20(13-15-23(28)29-4)12-14-22(21)30-18-17-27(6-2)7-3/h12-15,19H,5-11,16-18H2,1-4H3,(H2,25,26,31)/b15-13+. The number of thiocarbonyl (C=S) groups is 1. The zero-order chi connectivity index (χ0) is 22.9. The Hall–Kier alpha value is -2.12. The van der Waals surface area contributed by atoms with Gasteiger partial charge in [0.15, 0.2) is 5.11 Å². The Labute approximate surface area is 193 Å². The van der Waals surface area contributed by atoms with E-state index in [0.29, 0.717) is 11.7 Å². The lowest BCUT2D eigenvalue weighted by Crippen LogP contribution is -2.30. The zero-order valence-electron chi connectivity index (χ0n) is 19.5. The molecule has 0 fully saturated rings. The molecule has 0 bridgehead atoms. The van der Waals surface area contributed by atoms with Gasteiger partial charge in [-0.3, -0.25) is 0 Å². The van der Waals surface area contributed by atoms with Gasteiger partial charge in [0.25, 0.3) is 0 Å². The number of likely N-dealkylation sites (N-methyl/N-ethyl adjacent to an activating group) is 1. The van der Waals surface area contributed by atoms with Gasteiger partial charge in [-0.25, -0.2) is 4.79 Å². The largest absolute Gasteiger partial charge is 0.490 e. The second-order valence-electron chi connectivity index (χ2n) is 7.28. The van der Waals surface area contributed by atoms with Gasteiger partial charge in [0.2, 0.25) is 0 Å². The van der Waals surface area contributed by atoms with E-state index in [1.807, 2.05) is 18.2 Å². The molecule has 0 radical (unpaired) electrons. The first-order valence-electron chi connectivity index (χ1n) is 11.3. The molecular weight excluding hydrogens is 410 g/mol. The summed E-state index contributed by atoms with van der Waals surface area (Å²) in [6.07, 6.45) is 9.19. The number of hydrogen-bond donors (Lipinski definition) is 2. The Morgan fingerprint density at radius 1 is 1.13 bits per heavy atom. The average Bonchev–Trinajstić information content (AvgIpc) is 2.78. The van der Waals surface area contributed by atoms with Crippen molar-refractivity contribution in [3.05, 3.63) is 29.8 Å². The average molecular weight is 450 g/mol. The van der Waals surface area contributed by atoms with E-state index in [2.05, 4.69) is 41.0 Å². The molecule has 2 N–H and O–H groups in total. The minimum atomic E-state index is -0.394. The van der Waals surface area contributed by atoms with Crippen LogP contribution in [-0.4, -0.2) is 55.9 Å². The third-order valence-corrected chi connectivity index (χ3v) is 5.24. The molecule has 0 heterocycles. The maximum absolute atomic E-state index is 11.4. The van der Waals surface area contributed by atoms with Gasteiger partial charge in [0.1, 0.15) is 12.4 Å². The second kappa shape index (κ2) is 16.6. The van der Waals surface area contributed by atoms with E-state index < -0.39 is 5.97 Å². The van der Waals surface area contributed by atoms with E-state index in [-0.39, 0.29) is 0 Å². The number of carbonyl (C=O) groups is 1. The Morgan fingerprint density at radius 2 is 1.87 bits per heavy atom. The molecule has 0 saturated heterocycles. The van der Waals surface area contributed by atoms with E-state index >= 15 is 0 Å². The summed E-state index contributed by atoms with van der Waals surface area (Å²) in [6, 6.07) is 5.72. The van der Waals surface area contributed by atoms with Crippen molar-refractivity contribution in [2.75, 3.05) is 45.2 Å². The number of unbranched alkanes of at least 4 members (excludes halogenated alkanes) is 4. The molecule has 7 heteroatoms. The normalized spacial score (nSPS) is 11.0. The highest BCUT2D eigenvalue weighted by atomic mass is 32.1. The van der Waals surface area contributed by atoms with Crippen LogP contribution in [0.3, 0.4) is 0 Å². The molecule has 174 valence electrons. The quantitative estimate of drug-likeness (QED) is 0.172. The summed E-state index contributed by atoms with van der Waals surface area (Å²) < 4.78 is 10.7. The first-order chi connectivity index (χ1) is 15.0. The molecule has 0 saturated carbocycles. The molecular formula is C24H39N3O3S. The van der Waals surface area contributed by atoms with Crippen LogP contribution in [0.2, 0.25) is 0 Å².